The van der Waals surface area contributed by atoms with Crippen LogP contribution in [0, 0.1) is 0 Å². The third kappa shape index (κ3) is 33.8. The van der Waals surface area contributed by atoms with E-state index in [0.29, 0.717) is 23.9 Å². The molecule has 8 nitrogen and oxygen atoms in total. The molecule has 0 rings (SSSR count). The third-order valence-electron chi connectivity index (χ3n) is 9.10. The molecule has 0 aromatic carbocycles. The van der Waals surface area contributed by atoms with Gasteiger partial charge in [-0.15, -0.1) is 0 Å². The number of nitrogens with one attached hydrogen (secondary N) is 1. The van der Waals surface area contributed by atoms with E-state index in [-0.39, 0.29) is 19.1 Å². The quantitative estimate of drug-likeness (QED) is 0.0385. The topological polar surface area (TPSA) is 108 Å². The molecule has 47 heavy (non-hydrogen) atoms. The van der Waals surface area contributed by atoms with E-state index in [4.69, 9.17) is 9.05 Å². The number of rotatable bonds is 36. The molecule has 282 valence electrons. The molecule has 0 fully saturated rings. The molecule has 0 aliphatic carbocycles. The summed E-state index contributed by atoms with van der Waals surface area (Å²) in [5, 5.41) is 13.8. The van der Waals surface area contributed by atoms with Gasteiger partial charge in [0.1, 0.15) is 13.2 Å². The van der Waals surface area contributed by atoms with Gasteiger partial charge in [-0.05, 0) is 12.8 Å². The number of nitrogens with zero attached hydrogens (tertiary/aromatic N) is 1. The van der Waals surface area contributed by atoms with Crippen LogP contribution in [-0.2, 0) is 18.4 Å². The Morgan fingerprint density at radius 3 is 1.45 bits per heavy atom. The Kier molecular flexibility index (Phi) is 31.1. The maximum absolute atomic E-state index is 12.8. The molecular weight excluding hydrogens is 611 g/mol. The van der Waals surface area contributed by atoms with Crippen LogP contribution < -0.4 is 10.2 Å². The maximum atomic E-state index is 12.8. The molecule has 0 bridgehead atoms. The molecule has 0 spiro atoms. The third-order valence-corrected chi connectivity index (χ3v) is 10.1. The molecule has 1 amide bonds. The highest BCUT2D eigenvalue weighted by Crippen LogP contribution is 2.38. The largest absolute Gasteiger partial charge is 0.756 e. The summed E-state index contributed by atoms with van der Waals surface area (Å²) in [5.74, 6) is -0.166. The van der Waals surface area contributed by atoms with Gasteiger partial charge in [0.15, 0.2) is 0 Å². The molecule has 0 aliphatic rings. The van der Waals surface area contributed by atoms with E-state index in [2.05, 4.69) is 19.2 Å². The van der Waals surface area contributed by atoms with Gasteiger partial charge < -0.3 is 28.8 Å². The predicted octanol–water partition coefficient (Wildman–Crippen LogP) is 9.61. The molecule has 0 aliphatic heterocycles. The summed E-state index contributed by atoms with van der Waals surface area (Å²) in [6, 6.07) is -0.790. The fourth-order valence-electron chi connectivity index (χ4n) is 5.86. The zero-order valence-corrected chi connectivity index (χ0v) is 32.6. The number of quaternary nitrogens is 1. The first kappa shape index (κ1) is 46.5. The number of carbonyl (C=O) groups excluding carboxylic acids is 1. The lowest BCUT2D eigenvalue weighted by atomic mass is 10.0. The molecule has 2 N–H and O–H groups in total. The number of aliphatic hydroxyl groups excluding tert-OH is 1. The standard InChI is InChI=1S/C38H79N2O6P/c1-6-8-10-12-14-16-18-19-20-21-22-23-25-27-29-31-37(41)36(35-46-47(43,44)45-34-33-40(3,4)5)39-38(42)32-30-28-26-24-17-15-13-11-9-7-2/h36-37,41H,6-35H2,1-5H3,(H-,39,42,43,44). The van der Waals surface area contributed by atoms with Crippen molar-refractivity contribution < 1.29 is 32.9 Å². The van der Waals surface area contributed by atoms with E-state index in [1.54, 1.807) is 0 Å². The van der Waals surface area contributed by atoms with Crippen LogP contribution in [0.3, 0.4) is 0 Å². The lowest BCUT2D eigenvalue weighted by Crippen LogP contribution is -2.46. The van der Waals surface area contributed by atoms with Gasteiger partial charge in [0.25, 0.3) is 7.82 Å². The molecule has 0 saturated carbocycles. The zero-order chi connectivity index (χ0) is 35.1. The van der Waals surface area contributed by atoms with Crippen molar-refractivity contribution in [3.63, 3.8) is 0 Å². The Morgan fingerprint density at radius 2 is 1.04 bits per heavy atom. The van der Waals surface area contributed by atoms with Crippen LogP contribution in [0.25, 0.3) is 0 Å². The van der Waals surface area contributed by atoms with Gasteiger partial charge in [-0.1, -0.05) is 168 Å². The van der Waals surface area contributed by atoms with Gasteiger partial charge in [-0.3, -0.25) is 9.36 Å². The summed E-state index contributed by atoms with van der Waals surface area (Å²) in [6.45, 7) is 4.70. The number of hydrogen-bond acceptors (Lipinski definition) is 6. The Bertz CT molecular complexity index is 748. The molecule has 0 heterocycles. The smallest absolute Gasteiger partial charge is 0.268 e. The first-order valence-corrected chi connectivity index (χ1v) is 21.3. The minimum absolute atomic E-state index is 0.0156. The van der Waals surface area contributed by atoms with Gasteiger partial charge in [0, 0.05) is 6.42 Å². The van der Waals surface area contributed by atoms with E-state index in [9.17, 15) is 19.4 Å². The number of aliphatic hydroxyl groups is 1. The van der Waals surface area contributed by atoms with Crippen LogP contribution >= 0.6 is 7.82 Å². The van der Waals surface area contributed by atoms with Crippen LogP contribution in [0.5, 0.6) is 0 Å². The van der Waals surface area contributed by atoms with Crippen LogP contribution in [0.1, 0.15) is 187 Å². The molecule has 0 radical (unpaired) electrons. The summed E-state index contributed by atoms with van der Waals surface area (Å²) in [4.78, 5) is 25.1. The average Bonchev–Trinajstić information content (AvgIpc) is 3.01. The van der Waals surface area contributed by atoms with Gasteiger partial charge in [-0.25, -0.2) is 0 Å². The Labute approximate surface area is 291 Å². The summed E-state index contributed by atoms with van der Waals surface area (Å²) in [5.41, 5.74) is 0. The SMILES string of the molecule is CCCCCCCCCCCCCCCCCC(O)C(COP(=O)([O-])OCC[N+](C)(C)C)NC(=O)CCCCCCCCCCCC. The second-order valence-electron chi connectivity index (χ2n) is 15.0. The van der Waals surface area contributed by atoms with Crippen molar-refractivity contribution in [3.8, 4) is 0 Å². The lowest BCUT2D eigenvalue weighted by molar-refractivity contribution is -0.870. The van der Waals surface area contributed by atoms with Crippen LogP contribution in [-0.4, -0.2) is 68.5 Å². The summed E-state index contributed by atoms with van der Waals surface area (Å²) < 4.78 is 23.2. The van der Waals surface area contributed by atoms with E-state index in [1.165, 1.54) is 122 Å². The number of phosphoric acid groups is 1. The normalized spacial score (nSPS) is 14.6. The molecule has 3 atom stereocenters. The zero-order valence-electron chi connectivity index (χ0n) is 31.8. The average molecular weight is 691 g/mol. The van der Waals surface area contributed by atoms with Gasteiger partial charge in [0.05, 0.1) is 39.9 Å². The van der Waals surface area contributed by atoms with Crippen molar-refractivity contribution in [2.24, 2.45) is 0 Å². The molecule has 0 aromatic rings. The molecular formula is C38H79N2O6P. The first-order valence-electron chi connectivity index (χ1n) is 19.9. The van der Waals surface area contributed by atoms with E-state index >= 15 is 0 Å². The summed E-state index contributed by atoms with van der Waals surface area (Å²) in [6.07, 6.45) is 31.0. The fraction of sp³-hybridized carbons (Fsp3) is 0.974. The monoisotopic (exact) mass is 691 g/mol. The van der Waals surface area contributed by atoms with E-state index in [1.807, 2.05) is 21.1 Å². The Hall–Kier alpha value is -0.500. The first-order chi connectivity index (χ1) is 22.5. The fourth-order valence-corrected chi connectivity index (χ4v) is 6.59. The molecule has 0 saturated heterocycles. The number of hydrogen-bond donors (Lipinski definition) is 2. The summed E-state index contributed by atoms with van der Waals surface area (Å²) in [7, 11) is 1.31. The number of unbranched alkanes of at least 4 members (excludes halogenated alkanes) is 23. The van der Waals surface area contributed by atoms with E-state index < -0.39 is 20.0 Å². The Morgan fingerprint density at radius 1 is 0.660 bits per heavy atom. The number of likely N-dealkylation sites (N-methyl/N-ethyl adjacent to an activating group) is 1. The minimum Gasteiger partial charge on any atom is -0.756 e. The van der Waals surface area contributed by atoms with Crippen molar-refractivity contribution in [2.45, 2.75) is 199 Å². The van der Waals surface area contributed by atoms with Crippen molar-refractivity contribution >= 4 is 13.7 Å². The minimum atomic E-state index is -4.55. The molecule has 0 aromatic heterocycles. The molecule has 9 heteroatoms. The number of carbonyl (C=O) groups is 1. The summed E-state index contributed by atoms with van der Waals surface area (Å²) >= 11 is 0. The number of amides is 1. The van der Waals surface area contributed by atoms with Crippen LogP contribution in [0.15, 0.2) is 0 Å². The van der Waals surface area contributed by atoms with E-state index in [0.717, 1.165) is 38.5 Å². The number of phosphoric ester groups is 1. The van der Waals surface area contributed by atoms with Gasteiger partial charge in [0.2, 0.25) is 5.91 Å². The lowest BCUT2D eigenvalue weighted by Gasteiger charge is -2.30. The highest BCUT2D eigenvalue weighted by atomic mass is 31.2. The predicted molar refractivity (Wildman–Crippen MR) is 196 cm³/mol. The van der Waals surface area contributed by atoms with Crippen LogP contribution in [0.4, 0.5) is 0 Å². The van der Waals surface area contributed by atoms with Crippen molar-refractivity contribution in [2.75, 3.05) is 40.9 Å². The van der Waals surface area contributed by atoms with Crippen molar-refractivity contribution in [3.05, 3.63) is 0 Å². The van der Waals surface area contributed by atoms with Gasteiger partial charge in [-0.2, -0.15) is 0 Å². The Balaban J connectivity index is 4.40. The van der Waals surface area contributed by atoms with Crippen LogP contribution in [0.2, 0.25) is 0 Å². The maximum Gasteiger partial charge on any atom is 0.268 e. The molecule has 3 unspecified atom stereocenters. The highest BCUT2D eigenvalue weighted by molar-refractivity contribution is 7.45. The van der Waals surface area contributed by atoms with Gasteiger partial charge >= 0.3 is 0 Å². The van der Waals surface area contributed by atoms with Crippen molar-refractivity contribution in [1.82, 2.24) is 5.32 Å². The highest BCUT2D eigenvalue weighted by Gasteiger charge is 2.24. The van der Waals surface area contributed by atoms with Crippen molar-refractivity contribution in [1.29, 1.82) is 0 Å². The second-order valence-corrected chi connectivity index (χ2v) is 16.4. The second kappa shape index (κ2) is 31.5.